The van der Waals surface area contributed by atoms with E-state index in [1.54, 1.807) is 0 Å². The van der Waals surface area contributed by atoms with Gasteiger partial charge in [0.05, 0.1) is 6.73 Å². The molecule has 0 saturated carbocycles. The van der Waals surface area contributed by atoms with Crippen LogP contribution in [0.2, 0.25) is 0 Å². The van der Waals surface area contributed by atoms with Gasteiger partial charge in [0.2, 0.25) is 0 Å². The van der Waals surface area contributed by atoms with E-state index in [1.165, 1.54) is 0 Å². The number of nitrogens with one attached hydrogen (secondary N) is 1. The van der Waals surface area contributed by atoms with Gasteiger partial charge < -0.3 is 10.4 Å². The summed E-state index contributed by atoms with van der Waals surface area (Å²) in [6.45, 7) is 5.29. The standard InChI is InChI=1S/C6H14N2O/c1-6-4-7-2-3-8(6)5-9/h6-7,9H,2-5H2,1H3/t6-/m0/s1. The van der Waals surface area contributed by atoms with Crippen molar-refractivity contribution in [3.05, 3.63) is 0 Å². The maximum absolute atomic E-state index is 8.76. The summed E-state index contributed by atoms with van der Waals surface area (Å²) in [7, 11) is 0. The van der Waals surface area contributed by atoms with E-state index in [-0.39, 0.29) is 6.73 Å². The molecule has 0 amide bonds. The number of aliphatic hydroxyl groups is 1. The molecule has 1 fully saturated rings. The molecule has 54 valence electrons. The summed E-state index contributed by atoms with van der Waals surface area (Å²) in [5.74, 6) is 0. The summed E-state index contributed by atoms with van der Waals surface area (Å²) in [5, 5.41) is 12.0. The molecular weight excluding hydrogens is 116 g/mol. The van der Waals surface area contributed by atoms with Crippen LogP contribution < -0.4 is 5.32 Å². The van der Waals surface area contributed by atoms with Crippen molar-refractivity contribution in [1.29, 1.82) is 0 Å². The van der Waals surface area contributed by atoms with Crippen molar-refractivity contribution >= 4 is 0 Å². The van der Waals surface area contributed by atoms with Crippen LogP contribution in [-0.2, 0) is 0 Å². The predicted molar refractivity (Wildman–Crippen MR) is 36.1 cm³/mol. The quantitative estimate of drug-likeness (QED) is 0.489. The normalized spacial score (nSPS) is 30.7. The molecule has 1 heterocycles. The summed E-state index contributed by atoms with van der Waals surface area (Å²) >= 11 is 0. The highest BCUT2D eigenvalue weighted by molar-refractivity contribution is 4.73. The first-order chi connectivity index (χ1) is 4.34. The number of piperazine rings is 1. The lowest BCUT2D eigenvalue weighted by Gasteiger charge is -2.31. The van der Waals surface area contributed by atoms with Crippen molar-refractivity contribution in [2.24, 2.45) is 0 Å². The number of rotatable bonds is 1. The molecule has 1 aliphatic rings. The lowest BCUT2D eigenvalue weighted by molar-refractivity contribution is 0.0592. The Hall–Kier alpha value is -0.120. The van der Waals surface area contributed by atoms with Gasteiger partial charge in [0, 0.05) is 25.7 Å². The molecule has 0 aliphatic carbocycles. The fourth-order valence-electron chi connectivity index (χ4n) is 1.09. The SMILES string of the molecule is C[C@H]1CNCCN1CO. The molecule has 1 saturated heterocycles. The van der Waals surface area contributed by atoms with Gasteiger partial charge in [-0.3, -0.25) is 4.90 Å². The topological polar surface area (TPSA) is 35.5 Å². The summed E-state index contributed by atoms with van der Waals surface area (Å²) < 4.78 is 0. The molecular formula is C6H14N2O. The zero-order chi connectivity index (χ0) is 6.69. The minimum atomic E-state index is 0.197. The van der Waals surface area contributed by atoms with Crippen LogP contribution in [0.4, 0.5) is 0 Å². The van der Waals surface area contributed by atoms with E-state index in [2.05, 4.69) is 17.1 Å². The maximum Gasteiger partial charge on any atom is 0.0959 e. The molecule has 9 heavy (non-hydrogen) atoms. The third-order valence-corrected chi connectivity index (χ3v) is 1.82. The Morgan fingerprint density at radius 3 is 3.00 bits per heavy atom. The molecule has 0 unspecified atom stereocenters. The second-order valence-electron chi connectivity index (χ2n) is 2.51. The largest absolute Gasteiger partial charge is 0.381 e. The van der Waals surface area contributed by atoms with Gasteiger partial charge in [-0.05, 0) is 6.92 Å². The van der Waals surface area contributed by atoms with E-state index in [0.29, 0.717) is 6.04 Å². The fraction of sp³-hybridized carbons (Fsp3) is 1.00. The van der Waals surface area contributed by atoms with Crippen LogP contribution in [0.15, 0.2) is 0 Å². The molecule has 0 spiro atoms. The van der Waals surface area contributed by atoms with Crippen LogP contribution in [0.3, 0.4) is 0 Å². The number of hydrogen-bond donors (Lipinski definition) is 2. The highest BCUT2D eigenvalue weighted by atomic mass is 16.3. The first-order valence-electron chi connectivity index (χ1n) is 3.40. The van der Waals surface area contributed by atoms with Crippen molar-refractivity contribution in [2.45, 2.75) is 13.0 Å². The van der Waals surface area contributed by atoms with Gasteiger partial charge in [-0.2, -0.15) is 0 Å². The molecule has 1 aliphatic heterocycles. The fourth-order valence-corrected chi connectivity index (χ4v) is 1.09. The summed E-state index contributed by atoms with van der Waals surface area (Å²) in [6.07, 6.45) is 0. The molecule has 0 aromatic heterocycles. The average Bonchev–Trinajstić information content (AvgIpc) is 1.89. The number of hydrogen-bond acceptors (Lipinski definition) is 3. The predicted octanol–water partition coefficient (Wildman–Crippen LogP) is -0.770. The van der Waals surface area contributed by atoms with E-state index < -0.39 is 0 Å². The first-order valence-corrected chi connectivity index (χ1v) is 3.40. The number of nitrogens with zero attached hydrogens (tertiary/aromatic N) is 1. The smallest absolute Gasteiger partial charge is 0.0959 e. The Kier molecular flexibility index (Phi) is 2.45. The van der Waals surface area contributed by atoms with Gasteiger partial charge in [-0.15, -0.1) is 0 Å². The lowest BCUT2D eigenvalue weighted by atomic mass is 10.2. The molecule has 2 N–H and O–H groups in total. The van der Waals surface area contributed by atoms with Crippen molar-refractivity contribution < 1.29 is 5.11 Å². The van der Waals surface area contributed by atoms with Gasteiger partial charge in [0.25, 0.3) is 0 Å². The van der Waals surface area contributed by atoms with Gasteiger partial charge >= 0.3 is 0 Å². The highest BCUT2D eigenvalue weighted by Crippen LogP contribution is 1.98. The molecule has 0 radical (unpaired) electrons. The zero-order valence-corrected chi connectivity index (χ0v) is 5.80. The zero-order valence-electron chi connectivity index (χ0n) is 5.80. The molecule has 1 atom stereocenters. The van der Waals surface area contributed by atoms with E-state index in [4.69, 9.17) is 5.11 Å². The Morgan fingerprint density at radius 2 is 2.56 bits per heavy atom. The molecule has 0 bridgehead atoms. The van der Waals surface area contributed by atoms with Crippen LogP contribution in [0.1, 0.15) is 6.92 Å². The second kappa shape index (κ2) is 3.15. The molecule has 3 heteroatoms. The van der Waals surface area contributed by atoms with Crippen LogP contribution >= 0.6 is 0 Å². The monoisotopic (exact) mass is 130 g/mol. The van der Waals surface area contributed by atoms with Gasteiger partial charge in [0.15, 0.2) is 0 Å². The van der Waals surface area contributed by atoms with Gasteiger partial charge in [-0.1, -0.05) is 0 Å². The summed E-state index contributed by atoms with van der Waals surface area (Å²) in [4.78, 5) is 2.05. The highest BCUT2D eigenvalue weighted by Gasteiger charge is 2.15. The van der Waals surface area contributed by atoms with Gasteiger partial charge in [-0.25, -0.2) is 0 Å². The first kappa shape index (κ1) is 6.99. The minimum absolute atomic E-state index is 0.197. The number of aliphatic hydroxyl groups excluding tert-OH is 1. The summed E-state index contributed by atoms with van der Waals surface area (Å²) in [6, 6.07) is 0.490. The lowest BCUT2D eigenvalue weighted by Crippen LogP contribution is -2.49. The van der Waals surface area contributed by atoms with Crippen molar-refractivity contribution in [1.82, 2.24) is 10.2 Å². The van der Waals surface area contributed by atoms with Crippen LogP contribution in [0, 0.1) is 0 Å². The Bertz CT molecular complexity index is 87.1. The third kappa shape index (κ3) is 1.64. The van der Waals surface area contributed by atoms with Crippen LogP contribution in [0.5, 0.6) is 0 Å². The van der Waals surface area contributed by atoms with Crippen molar-refractivity contribution in [3.63, 3.8) is 0 Å². The maximum atomic E-state index is 8.76. The third-order valence-electron chi connectivity index (χ3n) is 1.82. The van der Waals surface area contributed by atoms with Crippen LogP contribution in [0.25, 0.3) is 0 Å². The minimum Gasteiger partial charge on any atom is -0.381 e. The molecule has 1 rings (SSSR count). The van der Waals surface area contributed by atoms with E-state index in [1.807, 2.05) is 0 Å². The van der Waals surface area contributed by atoms with Crippen LogP contribution in [-0.4, -0.2) is 42.4 Å². The molecule has 3 nitrogen and oxygen atoms in total. The second-order valence-corrected chi connectivity index (χ2v) is 2.51. The van der Waals surface area contributed by atoms with Crippen molar-refractivity contribution in [3.8, 4) is 0 Å². The van der Waals surface area contributed by atoms with E-state index in [9.17, 15) is 0 Å². The van der Waals surface area contributed by atoms with E-state index in [0.717, 1.165) is 19.6 Å². The average molecular weight is 130 g/mol. The Labute approximate surface area is 55.7 Å². The summed E-state index contributed by atoms with van der Waals surface area (Å²) in [5.41, 5.74) is 0. The Balaban J connectivity index is 2.30. The van der Waals surface area contributed by atoms with E-state index >= 15 is 0 Å². The van der Waals surface area contributed by atoms with Gasteiger partial charge in [0.1, 0.15) is 0 Å². The Morgan fingerprint density at radius 1 is 1.78 bits per heavy atom. The molecule has 0 aromatic carbocycles. The molecule has 0 aromatic rings. The van der Waals surface area contributed by atoms with Crippen molar-refractivity contribution in [2.75, 3.05) is 26.4 Å².